The van der Waals surface area contributed by atoms with Gasteiger partial charge in [-0.15, -0.1) is 0 Å². The Morgan fingerprint density at radius 1 is 1.50 bits per heavy atom. The lowest BCUT2D eigenvalue weighted by molar-refractivity contribution is -0.120. The van der Waals surface area contributed by atoms with Gasteiger partial charge in [0.1, 0.15) is 0 Å². The Labute approximate surface area is 98.6 Å². The first-order chi connectivity index (χ1) is 7.65. The lowest BCUT2D eigenvalue weighted by Gasteiger charge is -1.99. The number of hydrogen-bond donors (Lipinski definition) is 1. The third-order valence-corrected chi connectivity index (χ3v) is 2.71. The maximum atomic E-state index is 11.0. The van der Waals surface area contributed by atoms with Crippen molar-refractivity contribution in [2.24, 2.45) is 0 Å². The number of halogens is 1. The Balaban J connectivity index is 2.78. The summed E-state index contributed by atoms with van der Waals surface area (Å²) in [5.74, 6) is -0.730. The van der Waals surface area contributed by atoms with Crippen LogP contribution in [0, 0.1) is 0 Å². The lowest BCUT2D eigenvalue weighted by atomic mass is 10.1. The molecule has 1 N–H and O–H groups in total. The number of carboxylic acids is 1. The van der Waals surface area contributed by atoms with Gasteiger partial charge in [0, 0.05) is 5.39 Å². The van der Waals surface area contributed by atoms with Gasteiger partial charge in [-0.1, -0.05) is 6.07 Å². The molecule has 0 spiro atoms. The summed E-state index contributed by atoms with van der Waals surface area (Å²) in [6.45, 7) is 0.301. The minimum absolute atomic E-state index is 0.134. The second-order valence-corrected chi connectivity index (χ2v) is 3.79. The Hall–Kier alpha value is -1.82. The fourth-order valence-electron chi connectivity index (χ4n) is 1.53. The molecule has 0 unspecified atom stereocenters. The van der Waals surface area contributed by atoms with Crippen LogP contribution in [-0.2, 0) is 4.79 Å². The molecule has 0 aliphatic carbocycles. The van der Waals surface area contributed by atoms with Crippen molar-refractivity contribution in [2.45, 2.75) is 0 Å². The first kappa shape index (κ1) is 10.7. The molecule has 16 heavy (non-hydrogen) atoms. The van der Waals surface area contributed by atoms with E-state index in [4.69, 9.17) is 9.84 Å². The molecule has 0 radical (unpaired) electrons. The minimum atomic E-state index is -1.04. The third kappa shape index (κ3) is 1.57. The highest BCUT2D eigenvalue weighted by atomic mass is 79.9. The van der Waals surface area contributed by atoms with Gasteiger partial charge in [0.2, 0.25) is 0 Å². The van der Waals surface area contributed by atoms with Crippen molar-refractivity contribution in [1.29, 1.82) is 0 Å². The molecule has 6 heteroatoms. The van der Waals surface area contributed by atoms with Gasteiger partial charge < -0.3 is 9.84 Å². The lowest BCUT2D eigenvalue weighted by Crippen LogP contribution is -1.98. The number of aromatic carboxylic acids is 1. The molecule has 5 nitrogen and oxygen atoms in total. The quantitative estimate of drug-likeness (QED) is 0.876. The van der Waals surface area contributed by atoms with Gasteiger partial charge in [-0.2, -0.15) is 0 Å². The molecule has 0 atom stereocenters. The number of ether oxygens (including phenoxy) is 1. The molecule has 0 saturated heterocycles. The van der Waals surface area contributed by atoms with E-state index in [-0.39, 0.29) is 5.56 Å². The minimum Gasteiger partial charge on any atom is -0.478 e. The molecule has 1 heterocycles. The summed E-state index contributed by atoms with van der Waals surface area (Å²) < 4.78 is 6.19. The summed E-state index contributed by atoms with van der Waals surface area (Å²) >= 11 is 3.16. The molecule has 2 rings (SSSR count). The van der Waals surface area contributed by atoms with Crippen molar-refractivity contribution in [1.82, 2.24) is 3.59 Å². The van der Waals surface area contributed by atoms with Crippen LogP contribution in [0.15, 0.2) is 24.4 Å². The molecule has 0 amide bonds. The summed E-state index contributed by atoms with van der Waals surface area (Å²) in [5.41, 5.74) is 0.585. The Bertz CT molecular complexity index is 575. The van der Waals surface area contributed by atoms with Crippen LogP contribution in [0.2, 0.25) is 0 Å². The normalized spacial score (nSPS) is 10.3. The number of benzene rings is 1. The number of rotatable bonds is 3. The average molecular weight is 284 g/mol. The van der Waals surface area contributed by atoms with Crippen molar-refractivity contribution in [3.05, 3.63) is 30.0 Å². The Morgan fingerprint density at radius 3 is 2.88 bits per heavy atom. The van der Waals surface area contributed by atoms with Crippen LogP contribution >= 0.6 is 16.1 Å². The van der Waals surface area contributed by atoms with E-state index < -0.39 is 5.97 Å². The predicted octanol–water partition coefficient (Wildman–Crippen LogP) is 2.03. The molecule has 2 aromatic rings. The first-order valence-corrected chi connectivity index (χ1v) is 5.00. The fraction of sp³-hybridized carbons (Fsp3) is 0. The van der Waals surface area contributed by atoms with Gasteiger partial charge in [-0.25, -0.2) is 4.79 Å². The molecule has 0 aliphatic heterocycles. The number of carboxylic acid groups (broad SMARTS) is 1. The Kier molecular flexibility index (Phi) is 2.66. The molecule has 0 bridgehead atoms. The van der Waals surface area contributed by atoms with Crippen LogP contribution in [0.5, 0.6) is 5.75 Å². The summed E-state index contributed by atoms with van der Waals surface area (Å²) in [7, 11) is 0. The van der Waals surface area contributed by atoms with E-state index in [0.717, 1.165) is 0 Å². The van der Waals surface area contributed by atoms with Crippen LogP contribution in [0.4, 0.5) is 0 Å². The highest BCUT2D eigenvalue weighted by Crippen LogP contribution is 2.31. The van der Waals surface area contributed by atoms with E-state index in [1.807, 2.05) is 0 Å². The zero-order chi connectivity index (χ0) is 11.7. The van der Waals surface area contributed by atoms with Crippen molar-refractivity contribution in [3.63, 3.8) is 0 Å². The maximum Gasteiger partial charge on any atom is 0.337 e. The zero-order valence-corrected chi connectivity index (χ0v) is 9.47. The van der Waals surface area contributed by atoms with E-state index in [2.05, 4.69) is 16.1 Å². The standard InChI is InChI=1S/C10H6BrNO4/c11-12-4-8(16-5-13)6-2-1-3-7(9(6)12)10(14)15/h1-5H,(H,14,15). The average Bonchev–Trinajstić information content (AvgIpc) is 2.57. The predicted molar refractivity (Wildman–Crippen MR) is 59.9 cm³/mol. The van der Waals surface area contributed by atoms with E-state index in [0.29, 0.717) is 23.1 Å². The molecule has 0 saturated carbocycles. The molecule has 82 valence electrons. The van der Waals surface area contributed by atoms with Crippen molar-refractivity contribution >= 4 is 39.5 Å². The van der Waals surface area contributed by atoms with E-state index >= 15 is 0 Å². The highest BCUT2D eigenvalue weighted by Gasteiger charge is 2.15. The van der Waals surface area contributed by atoms with Gasteiger partial charge in [0.25, 0.3) is 6.47 Å². The van der Waals surface area contributed by atoms with Crippen LogP contribution in [0.25, 0.3) is 10.9 Å². The van der Waals surface area contributed by atoms with Crippen molar-refractivity contribution in [3.8, 4) is 5.75 Å². The number of carbonyl (C=O) groups excluding carboxylic acids is 1. The van der Waals surface area contributed by atoms with Crippen LogP contribution in [-0.4, -0.2) is 21.1 Å². The van der Waals surface area contributed by atoms with Crippen molar-refractivity contribution < 1.29 is 19.4 Å². The monoisotopic (exact) mass is 283 g/mol. The number of nitrogens with zero attached hydrogens (tertiary/aromatic N) is 1. The Morgan fingerprint density at radius 2 is 2.25 bits per heavy atom. The SMILES string of the molecule is O=COc1cn(Br)c2c(C(=O)O)cccc12. The summed E-state index contributed by atoms with van der Waals surface area (Å²) in [6.07, 6.45) is 1.49. The molecular formula is C10H6BrNO4. The fourth-order valence-corrected chi connectivity index (χ4v) is 2.10. The molecule has 0 fully saturated rings. The van der Waals surface area contributed by atoms with E-state index in [9.17, 15) is 9.59 Å². The smallest absolute Gasteiger partial charge is 0.337 e. The molecule has 1 aromatic carbocycles. The highest BCUT2D eigenvalue weighted by molar-refractivity contribution is 9.08. The second-order valence-electron chi connectivity index (χ2n) is 3.03. The summed E-state index contributed by atoms with van der Waals surface area (Å²) in [6, 6.07) is 4.75. The van der Waals surface area contributed by atoms with E-state index in [1.54, 1.807) is 12.1 Å². The number of fused-ring (bicyclic) bond motifs is 1. The zero-order valence-electron chi connectivity index (χ0n) is 7.88. The van der Waals surface area contributed by atoms with Gasteiger partial charge in [-0.05, 0) is 12.1 Å². The maximum absolute atomic E-state index is 11.0. The van der Waals surface area contributed by atoms with Gasteiger partial charge in [0.05, 0.1) is 33.4 Å². The summed E-state index contributed by atoms with van der Waals surface area (Å²) in [4.78, 5) is 21.3. The van der Waals surface area contributed by atoms with Crippen molar-refractivity contribution in [2.75, 3.05) is 0 Å². The number of aromatic nitrogens is 1. The largest absolute Gasteiger partial charge is 0.478 e. The van der Waals surface area contributed by atoms with Gasteiger partial charge in [-0.3, -0.25) is 8.39 Å². The van der Waals surface area contributed by atoms with Gasteiger partial charge >= 0.3 is 5.97 Å². The number of carbonyl (C=O) groups is 2. The van der Waals surface area contributed by atoms with Gasteiger partial charge in [0.15, 0.2) is 5.75 Å². The van der Waals surface area contributed by atoms with Crippen LogP contribution < -0.4 is 4.74 Å². The summed E-state index contributed by atoms with van der Waals surface area (Å²) in [5, 5.41) is 9.56. The van der Waals surface area contributed by atoms with Crippen LogP contribution in [0.1, 0.15) is 10.4 Å². The molecular weight excluding hydrogens is 278 g/mol. The number of hydrogen-bond acceptors (Lipinski definition) is 3. The molecule has 1 aromatic heterocycles. The molecule has 0 aliphatic rings. The van der Waals surface area contributed by atoms with E-state index in [1.165, 1.54) is 15.9 Å². The topological polar surface area (TPSA) is 68.5 Å². The third-order valence-electron chi connectivity index (χ3n) is 2.15. The number of para-hydroxylation sites is 1. The first-order valence-electron chi connectivity index (χ1n) is 4.29. The second kappa shape index (κ2) is 3.97. The van der Waals surface area contributed by atoms with Crippen LogP contribution in [0.3, 0.4) is 0 Å².